The van der Waals surface area contributed by atoms with Crippen molar-refractivity contribution in [3.63, 3.8) is 0 Å². The first-order chi connectivity index (χ1) is 10.2. The van der Waals surface area contributed by atoms with Gasteiger partial charge in [-0.3, -0.25) is 0 Å². The van der Waals surface area contributed by atoms with E-state index in [9.17, 15) is 5.26 Å². The van der Waals surface area contributed by atoms with E-state index in [1.807, 2.05) is 24.3 Å². The number of nitrogens with two attached hydrogens (primary N) is 1. The van der Waals surface area contributed by atoms with Gasteiger partial charge in [0.05, 0.1) is 11.3 Å². The summed E-state index contributed by atoms with van der Waals surface area (Å²) in [5.41, 5.74) is 8.32. The zero-order chi connectivity index (χ0) is 15.1. The fourth-order valence-corrected chi connectivity index (χ4v) is 2.40. The molecule has 0 heterocycles. The number of halogens is 1. The third-order valence-electron chi connectivity index (χ3n) is 3.27. The maximum Gasteiger partial charge on any atom is 0.101 e. The van der Waals surface area contributed by atoms with E-state index in [2.05, 4.69) is 23.1 Å². The van der Waals surface area contributed by atoms with Gasteiger partial charge in [-0.1, -0.05) is 41.9 Å². The van der Waals surface area contributed by atoms with E-state index >= 15 is 0 Å². The lowest BCUT2D eigenvalue weighted by molar-refractivity contribution is 0.735. The van der Waals surface area contributed by atoms with Crippen molar-refractivity contribution in [1.82, 2.24) is 0 Å². The lowest BCUT2D eigenvalue weighted by Gasteiger charge is -2.26. The van der Waals surface area contributed by atoms with Crippen LogP contribution in [-0.4, -0.2) is 13.1 Å². The first-order valence-corrected chi connectivity index (χ1v) is 7.31. The van der Waals surface area contributed by atoms with E-state index < -0.39 is 0 Å². The maximum absolute atomic E-state index is 9.31. The fraction of sp³-hybridized carbons (Fsp3) is 0.235. The van der Waals surface area contributed by atoms with Crippen molar-refractivity contribution >= 4 is 17.3 Å². The molecule has 2 N–H and O–H groups in total. The maximum atomic E-state index is 9.31. The smallest absolute Gasteiger partial charge is 0.101 e. The van der Waals surface area contributed by atoms with E-state index in [-0.39, 0.29) is 0 Å². The predicted molar refractivity (Wildman–Crippen MR) is 87.3 cm³/mol. The van der Waals surface area contributed by atoms with Crippen LogP contribution in [0, 0.1) is 11.3 Å². The van der Waals surface area contributed by atoms with Crippen molar-refractivity contribution in [2.75, 3.05) is 18.0 Å². The quantitative estimate of drug-likeness (QED) is 0.887. The number of rotatable bonds is 6. The Balaban J connectivity index is 2.31. The van der Waals surface area contributed by atoms with Crippen LogP contribution in [0.25, 0.3) is 0 Å². The van der Waals surface area contributed by atoms with Crippen molar-refractivity contribution in [1.29, 1.82) is 5.26 Å². The summed E-state index contributed by atoms with van der Waals surface area (Å²) in [7, 11) is 0. The topological polar surface area (TPSA) is 53.0 Å². The van der Waals surface area contributed by atoms with E-state index in [1.165, 1.54) is 5.56 Å². The number of nitriles is 1. The zero-order valence-corrected chi connectivity index (χ0v) is 12.6. The van der Waals surface area contributed by atoms with Crippen LogP contribution in [-0.2, 0) is 6.54 Å². The molecule has 0 unspecified atom stereocenters. The molecule has 0 radical (unpaired) electrons. The molecule has 0 saturated heterocycles. The molecule has 2 aromatic carbocycles. The second-order valence-corrected chi connectivity index (χ2v) is 5.26. The molecular weight excluding hydrogens is 282 g/mol. The lowest BCUT2D eigenvalue weighted by atomic mass is 10.1. The summed E-state index contributed by atoms with van der Waals surface area (Å²) in [4.78, 5) is 2.16. The van der Waals surface area contributed by atoms with Crippen molar-refractivity contribution < 1.29 is 0 Å². The molecule has 0 bridgehead atoms. The van der Waals surface area contributed by atoms with Crippen LogP contribution in [0.4, 0.5) is 5.69 Å². The van der Waals surface area contributed by atoms with Gasteiger partial charge in [-0.15, -0.1) is 0 Å². The molecule has 108 valence electrons. The van der Waals surface area contributed by atoms with E-state index in [1.54, 1.807) is 12.1 Å². The minimum absolute atomic E-state index is 0.619. The molecular formula is C17H18ClN3. The van der Waals surface area contributed by atoms with E-state index in [0.29, 0.717) is 17.1 Å². The number of hydrogen-bond donors (Lipinski definition) is 1. The zero-order valence-electron chi connectivity index (χ0n) is 11.8. The number of benzene rings is 2. The average Bonchev–Trinajstić information content (AvgIpc) is 2.52. The number of hydrogen-bond acceptors (Lipinski definition) is 3. The van der Waals surface area contributed by atoms with Gasteiger partial charge >= 0.3 is 0 Å². The second-order valence-electron chi connectivity index (χ2n) is 4.82. The highest BCUT2D eigenvalue weighted by Gasteiger charge is 2.12. The first-order valence-electron chi connectivity index (χ1n) is 6.93. The van der Waals surface area contributed by atoms with Crippen LogP contribution >= 0.6 is 11.6 Å². The summed E-state index contributed by atoms with van der Waals surface area (Å²) in [6, 6.07) is 17.8. The molecule has 0 aliphatic heterocycles. The standard InChI is InChI=1S/C17H18ClN3/c18-16-8-7-15(12-20)17(11-16)21(10-4-9-19)13-14-5-2-1-3-6-14/h1-3,5-8,11H,4,9-10,13,19H2. The number of nitrogens with zero attached hydrogens (tertiary/aromatic N) is 2. The van der Waals surface area contributed by atoms with Gasteiger partial charge in [0.15, 0.2) is 0 Å². The molecule has 0 amide bonds. The second kappa shape index (κ2) is 7.68. The van der Waals surface area contributed by atoms with Gasteiger partial charge in [-0.25, -0.2) is 0 Å². The lowest BCUT2D eigenvalue weighted by Crippen LogP contribution is -2.26. The summed E-state index contributed by atoms with van der Waals surface area (Å²) in [6.07, 6.45) is 0.865. The summed E-state index contributed by atoms with van der Waals surface area (Å²) in [5, 5.41) is 9.94. The van der Waals surface area contributed by atoms with Crippen molar-refractivity contribution in [2.24, 2.45) is 5.73 Å². The Morgan fingerprint density at radius 3 is 2.57 bits per heavy atom. The molecule has 0 saturated carbocycles. The largest absolute Gasteiger partial charge is 0.366 e. The molecule has 3 nitrogen and oxygen atoms in total. The molecule has 21 heavy (non-hydrogen) atoms. The van der Waals surface area contributed by atoms with Crippen LogP contribution in [0.2, 0.25) is 5.02 Å². The summed E-state index contributed by atoms with van der Waals surface area (Å²) in [5.74, 6) is 0. The average molecular weight is 300 g/mol. The highest BCUT2D eigenvalue weighted by Crippen LogP contribution is 2.26. The van der Waals surface area contributed by atoms with Crippen molar-refractivity contribution in [2.45, 2.75) is 13.0 Å². The van der Waals surface area contributed by atoms with Gasteiger partial charge in [-0.2, -0.15) is 5.26 Å². The Bertz CT molecular complexity index is 620. The van der Waals surface area contributed by atoms with E-state index in [0.717, 1.165) is 25.2 Å². The molecule has 0 spiro atoms. The minimum Gasteiger partial charge on any atom is -0.366 e. The molecule has 0 aliphatic rings. The van der Waals surface area contributed by atoms with E-state index in [4.69, 9.17) is 17.3 Å². The monoisotopic (exact) mass is 299 g/mol. The van der Waals surface area contributed by atoms with Gasteiger partial charge in [-0.05, 0) is 36.7 Å². The normalized spacial score (nSPS) is 10.1. The van der Waals surface area contributed by atoms with Crippen molar-refractivity contribution in [3.8, 4) is 6.07 Å². The Morgan fingerprint density at radius 1 is 1.14 bits per heavy atom. The SMILES string of the molecule is N#Cc1ccc(Cl)cc1N(CCCN)Cc1ccccc1. The highest BCUT2D eigenvalue weighted by molar-refractivity contribution is 6.30. The summed E-state index contributed by atoms with van der Waals surface area (Å²) in [6.45, 7) is 2.14. The minimum atomic E-state index is 0.619. The van der Waals surface area contributed by atoms with Gasteiger partial charge in [0.1, 0.15) is 6.07 Å². The van der Waals surface area contributed by atoms with Gasteiger partial charge in [0, 0.05) is 18.1 Å². The van der Waals surface area contributed by atoms with Crippen LogP contribution in [0.5, 0.6) is 0 Å². The molecule has 2 aromatic rings. The molecule has 0 atom stereocenters. The van der Waals surface area contributed by atoms with Crippen LogP contribution in [0.1, 0.15) is 17.5 Å². The fourth-order valence-electron chi connectivity index (χ4n) is 2.23. The highest BCUT2D eigenvalue weighted by atomic mass is 35.5. The summed E-state index contributed by atoms with van der Waals surface area (Å²) < 4.78 is 0. The van der Waals surface area contributed by atoms with Crippen LogP contribution < -0.4 is 10.6 Å². The molecule has 4 heteroatoms. The Hall–Kier alpha value is -2.02. The summed E-state index contributed by atoms with van der Waals surface area (Å²) >= 11 is 6.09. The van der Waals surface area contributed by atoms with Gasteiger partial charge < -0.3 is 10.6 Å². The van der Waals surface area contributed by atoms with Crippen molar-refractivity contribution in [3.05, 3.63) is 64.7 Å². The molecule has 0 aromatic heterocycles. The van der Waals surface area contributed by atoms with Gasteiger partial charge in [0.25, 0.3) is 0 Å². The number of anilines is 1. The molecule has 0 fully saturated rings. The molecule has 0 aliphatic carbocycles. The third-order valence-corrected chi connectivity index (χ3v) is 3.50. The third kappa shape index (κ3) is 4.22. The van der Waals surface area contributed by atoms with Crippen LogP contribution in [0.3, 0.4) is 0 Å². The van der Waals surface area contributed by atoms with Gasteiger partial charge in [0.2, 0.25) is 0 Å². The first kappa shape index (κ1) is 15.4. The Labute approximate surface area is 130 Å². The Morgan fingerprint density at radius 2 is 1.90 bits per heavy atom. The molecule has 2 rings (SSSR count). The van der Waals surface area contributed by atoms with Crippen LogP contribution in [0.15, 0.2) is 48.5 Å². The predicted octanol–water partition coefficient (Wildman–Crippen LogP) is 3.57. The Kier molecular flexibility index (Phi) is 5.62.